The van der Waals surface area contributed by atoms with E-state index in [2.05, 4.69) is 0 Å². The summed E-state index contributed by atoms with van der Waals surface area (Å²) < 4.78 is 26.2. The number of benzene rings is 1. The van der Waals surface area contributed by atoms with Gasteiger partial charge in [-0.2, -0.15) is 0 Å². The van der Waals surface area contributed by atoms with E-state index in [-0.39, 0.29) is 28.0 Å². The van der Waals surface area contributed by atoms with Crippen LogP contribution in [0.15, 0.2) is 23.1 Å². The number of carboxylic acid groups (broad SMARTS) is 1. The average Bonchev–Trinajstić information content (AvgIpc) is 2.91. The summed E-state index contributed by atoms with van der Waals surface area (Å²) >= 11 is 0. The Kier molecular flexibility index (Phi) is 3.05. The smallest absolute Gasteiger partial charge is 0.335 e. The highest BCUT2D eigenvalue weighted by Crippen LogP contribution is 2.39. The van der Waals surface area contributed by atoms with Crippen LogP contribution >= 0.6 is 0 Å². The molecule has 1 N–H and O–H groups in total. The first-order valence-electron chi connectivity index (χ1n) is 6.80. The zero-order valence-corrected chi connectivity index (χ0v) is 12.3. The summed E-state index contributed by atoms with van der Waals surface area (Å²) in [7, 11) is -3.95. The summed E-state index contributed by atoms with van der Waals surface area (Å²) in [4.78, 5) is 23.2. The molecule has 0 radical (unpaired) electrons. The highest BCUT2D eigenvalue weighted by Gasteiger charge is 2.47. The molecule has 2 atom stereocenters. The lowest BCUT2D eigenvalue weighted by Crippen LogP contribution is -2.41. The number of carboxylic acids is 1. The zero-order valence-electron chi connectivity index (χ0n) is 11.4. The van der Waals surface area contributed by atoms with Crippen LogP contribution in [0.25, 0.3) is 0 Å². The SMILES string of the molecule is CC1CCCC1N1C(=O)c2ccc(C(=O)O)cc2S1(=O)=O. The third-order valence-electron chi connectivity index (χ3n) is 4.31. The number of fused-ring (bicyclic) bond motifs is 1. The van der Waals surface area contributed by atoms with Crippen LogP contribution in [0.3, 0.4) is 0 Å². The molecule has 3 rings (SSSR count). The van der Waals surface area contributed by atoms with Crippen molar-refractivity contribution in [2.24, 2.45) is 5.92 Å². The molecular formula is C14H15NO5S. The summed E-state index contributed by atoms with van der Waals surface area (Å²) in [5.74, 6) is -1.63. The molecular weight excluding hydrogens is 294 g/mol. The fourth-order valence-electron chi connectivity index (χ4n) is 3.18. The molecule has 0 bridgehead atoms. The van der Waals surface area contributed by atoms with Gasteiger partial charge in [-0.15, -0.1) is 0 Å². The Labute approximate surface area is 122 Å². The average molecular weight is 309 g/mol. The number of sulfonamides is 1. The molecule has 0 saturated heterocycles. The maximum Gasteiger partial charge on any atom is 0.335 e. The normalized spacial score (nSPS) is 26.9. The number of amides is 1. The maximum atomic E-state index is 12.6. The van der Waals surface area contributed by atoms with Crippen LogP contribution in [0.1, 0.15) is 46.9 Å². The topological polar surface area (TPSA) is 91.8 Å². The van der Waals surface area contributed by atoms with Crippen molar-refractivity contribution in [2.75, 3.05) is 0 Å². The summed E-state index contributed by atoms with van der Waals surface area (Å²) in [5, 5.41) is 8.98. The van der Waals surface area contributed by atoms with Gasteiger partial charge in [0.15, 0.2) is 0 Å². The molecule has 1 heterocycles. The van der Waals surface area contributed by atoms with Gasteiger partial charge in [0, 0.05) is 0 Å². The predicted molar refractivity (Wildman–Crippen MR) is 73.6 cm³/mol. The zero-order chi connectivity index (χ0) is 15.4. The van der Waals surface area contributed by atoms with E-state index in [0.29, 0.717) is 6.42 Å². The number of nitrogens with zero attached hydrogens (tertiary/aromatic N) is 1. The summed E-state index contributed by atoms with van der Waals surface area (Å²) in [5.41, 5.74) is -0.0643. The van der Waals surface area contributed by atoms with Crippen molar-refractivity contribution in [1.82, 2.24) is 4.31 Å². The quantitative estimate of drug-likeness (QED) is 0.898. The number of hydrogen-bond acceptors (Lipinski definition) is 4. The Morgan fingerprint density at radius 1 is 1.33 bits per heavy atom. The first kappa shape index (κ1) is 14.1. The molecule has 1 amide bonds. The molecule has 112 valence electrons. The van der Waals surface area contributed by atoms with Crippen molar-refractivity contribution in [2.45, 2.75) is 37.1 Å². The lowest BCUT2D eigenvalue weighted by molar-refractivity contribution is 0.0695. The summed E-state index contributed by atoms with van der Waals surface area (Å²) in [6.07, 6.45) is 2.44. The van der Waals surface area contributed by atoms with Crippen LogP contribution in [0.5, 0.6) is 0 Å². The lowest BCUT2D eigenvalue weighted by atomic mass is 10.1. The largest absolute Gasteiger partial charge is 0.478 e. The van der Waals surface area contributed by atoms with Crippen LogP contribution in [0.4, 0.5) is 0 Å². The second-order valence-electron chi connectivity index (χ2n) is 5.60. The molecule has 2 unspecified atom stereocenters. The van der Waals surface area contributed by atoms with Gasteiger partial charge >= 0.3 is 5.97 Å². The Morgan fingerprint density at radius 2 is 2.05 bits per heavy atom. The third kappa shape index (κ3) is 1.95. The minimum absolute atomic E-state index is 0.0686. The fourth-order valence-corrected chi connectivity index (χ4v) is 5.09. The number of carbonyl (C=O) groups excluding carboxylic acids is 1. The Balaban J connectivity index is 2.12. The molecule has 6 nitrogen and oxygen atoms in total. The van der Waals surface area contributed by atoms with Gasteiger partial charge in [0.1, 0.15) is 4.90 Å². The van der Waals surface area contributed by atoms with Crippen LogP contribution in [-0.4, -0.2) is 35.7 Å². The summed E-state index contributed by atoms with van der Waals surface area (Å²) in [6, 6.07) is 3.29. The number of rotatable bonds is 2. The third-order valence-corrected chi connectivity index (χ3v) is 6.16. The van der Waals surface area contributed by atoms with Crippen LogP contribution < -0.4 is 0 Å². The molecule has 1 saturated carbocycles. The Bertz CT molecular complexity index is 740. The van der Waals surface area contributed by atoms with Gasteiger partial charge in [-0.05, 0) is 37.0 Å². The van der Waals surface area contributed by atoms with E-state index in [0.717, 1.165) is 23.2 Å². The van der Waals surface area contributed by atoms with Crippen LogP contribution in [-0.2, 0) is 10.0 Å². The van der Waals surface area contributed by atoms with Gasteiger partial charge in [-0.25, -0.2) is 17.5 Å². The molecule has 21 heavy (non-hydrogen) atoms. The molecule has 0 aromatic heterocycles. The lowest BCUT2D eigenvalue weighted by Gasteiger charge is -2.26. The second kappa shape index (κ2) is 4.56. The van der Waals surface area contributed by atoms with Gasteiger partial charge < -0.3 is 5.11 Å². The van der Waals surface area contributed by atoms with Crippen molar-refractivity contribution >= 4 is 21.9 Å². The van der Waals surface area contributed by atoms with Crippen molar-refractivity contribution in [1.29, 1.82) is 0 Å². The number of aromatic carboxylic acids is 1. The van der Waals surface area contributed by atoms with Crippen LogP contribution in [0.2, 0.25) is 0 Å². The van der Waals surface area contributed by atoms with Gasteiger partial charge in [0.05, 0.1) is 17.2 Å². The Morgan fingerprint density at radius 3 is 2.62 bits per heavy atom. The van der Waals surface area contributed by atoms with Gasteiger partial charge in [0.25, 0.3) is 15.9 Å². The first-order valence-corrected chi connectivity index (χ1v) is 8.24. The minimum Gasteiger partial charge on any atom is -0.478 e. The van der Waals surface area contributed by atoms with Gasteiger partial charge in [0.2, 0.25) is 0 Å². The van der Waals surface area contributed by atoms with Crippen molar-refractivity contribution in [3.8, 4) is 0 Å². The number of hydrogen-bond donors (Lipinski definition) is 1. The molecule has 1 fully saturated rings. The molecule has 7 heteroatoms. The van der Waals surface area contributed by atoms with Crippen molar-refractivity contribution in [3.05, 3.63) is 29.3 Å². The highest BCUT2D eigenvalue weighted by atomic mass is 32.2. The van der Waals surface area contributed by atoms with E-state index in [1.54, 1.807) is 0 Å². The molecule has 1 aliphatic heterocycles. The maximum absolute atomic E-state index is 12.6. The summed E-state index contributed by atoms with van der Waals surface area (Å²) in [6.45, 7) is 1.94. The van der Waals surface area contributed by atoms with Crippen LogP contribution in [0, 0.1) is 5.92 Å². The van der Waals surface area contributed by atoms with E-state index in [4.69, 9.17) is 5.11 Å². The van der Waals surface area contributed by atoms with Crippen molar-refractivity contribution < 1.29 is 23.1 Å². The van der Waals surface area contributed by atoms with Gasteiger partial charge in [-0.1, -0.05) is 13.3 Å². The van der Waals surface area contributed by atoms with E-state index in [1.165, 1.54) is 12.1 Å². The minimum atomic E-state index is -3.95. The molecule has 1 aliphatic carbocycles. The molecule has 2 aliphatic rings. The molecule has 0 spiro atoms. The van der Waals surface area contributed by atoms with E-state index in [1.807, 2.05) is 6.92 Å². The molecule has 1 aromatic carbocycles. The fraction of sp³-hybridized carbons (Fsp3) is 0.429. The van der Waals surface area contributed by atoms with Crippen molar-refractivity contribution in [3.63, 3.8) is 0 Å². The second-order valence-corrected chi connectivity index (χ2v) is 7.38. The highest BCUT2D eigenvalue weighted by molar-refractivity contribution is 7.90. The molecule has 1 aromatic rings. The number of carbonyl (C=O) groups is 2. The predicted octanol–water partition coefficient (Wildman–Crippen LogP) is 1.72. The van der Waals surface area contributed by atoms with E-state index in [9.17, 15) is 18.0 Å². The van der Waals surface area contributed by atoms with E-state index < -0.39 is 21.9 Å². The first-order chi connectivity index (χ1) is 9.84. The monoisotopic (exact) mass is 309 g/mol. The Hall–Kier alpha value is -1.89. The van der Waals surface area contributed by atoms with E-state index >= 15 is 0 Å². The van der Waals surface area contributed by atoms with Gasteiger partial charge in [-0.3, -0.25) is 4.79 Å². The standard InChI is InChI=1S/C14H15NO5S/c1-8-3-2-4-11(8)15-13(16)10-6-5-9(14(17)18)7-12(10)21(15,19)20/h5-8,11H,2-4H2,1H3,(H,17,18).